The van der Waals surface area contributed by atoms with Gasteiger partial charge >= 0.3 is 0 Å². The Morgan fingerprint density at radius 3 is 2.41 bits per heavy atom. The van der Waals surface area contributed by atoms with Gasteiger partial charge in [-0.25, -0.2) is 0 Å². The maximum Gasteiger partial charge on any atom is 0.291 e. The van der Waals surface area contributed by atoms with Crippen LogP contribution in [0.25, 0.3) is 0 Å². The van der Waals surface area contributed by atoms with E-state index in [0.29, 0.717) is 22.5 Å². The van der Waals surface area contributed by atoms with Crippen molar-refractivity contribution in [1.29, 1.82) is 0 Å². The summed E-state index contributed by atoms with van der Waals surface area (Å²) >= 11 is 0. The highest BCUT2D eigenvalue weighted by atomic mass is 16.3. The van der Waals surface area contributed by atoms with Crippen molar-refractivity contribution in [3.05, 3.63) is 113 Å². The summed E-state index contributed by atoms with van der Waals surface area (Å²) in [5, 5.41) is 8.46. The first-order valence-electron chi connectivity index (χ1n) is 10.5. The molecule has 34 heavy (non-hydrogen) atoms. The van der Waals surface area contributed by atoms with Crippen molar-refractivity contribution in [2.45, 2.75) is 13.5 Å². The molecule has 0 fully saturated rings. The molecule has 0 saturated heterocycles. The monoisotopic (exact) mass is 454 g/mol. The van der Waals surface area contributed by atoms with Crippen molar-refractivity contribution in [2.24, 2.45) is 0 Å². The lowest BCUT2D eigenvalue weighted by Crippen LogP contribution is -2.23. The molecular weight excluding hydrogens is 432 g/mol. The van der Waals surface area contributed by atoms with Crippen LogP contribution in [-0.4, -0.2) is 22.7 Å². The number of amides is 3. The molecule has 0 radical (unpaired) electrons. The van der Waals surface area contributed by atoms with Gasteiger partial charge in [-0.3, -0.25) is 19.4 Å². The van der Waals surface area contributed by atoms with Gasteiger partial charge in [0.25, 0.3) is 17.7 Å². The van der Waals surface area contributed by atoms with Crippen LogP contribution >= 0.6 is 0 Å². The Bertz CT molecular complexity index is 1320. The van der Waals surface area contributed by atoms with Gasteiger partial charge in [-0.2, -0.15) is 0 Å². The van der Waals surface area contributed by atoms with E-state index < -0.39 is 5.91 Å². The van der Waals surface area contributed by atoms with Crippen molar-refractivity contribution in [3.8, 4) is 0 Å². The summed E-state index contributed by atoms with van der Waals surface area (Å²) in [6.45, 7) is 2.10. The molecule has 0 unspecified atom stereocenters. The second-order valence-electron chi connectivity index (χ2n) is 7.53. The SMILES string of the molecule is Cc1ccc(C(=O)NCc2cccc(NC(=O)c3ccncc3)c2)cc1NC(=O)c1ccco1. The first kappa shape index (κ1) is 22.5. The Labute approximate surface area is 196 Å². The maximum absolute atomic E-state index is 12.7. The van der Waals surface area contributed by atoms with E-state index in [-0.39, 0.29) is 24.1 Å². The average molecular weight is 454 g/mol. The van der Waals surface area contributed by atoms with E-state index in [1.165, 1.54) is 6.26 Å². The maximum atomic E-state index is 12.7. The van der Waals surface area contributed by atoms with E-state index in [1.807, 2.05) is 13.0 Å². The van der Waals surface area contributed by atoms with Crippen molar-refractivity contribution in [3.63, 3.8) is 0 Å². The molecule has 170 valence electrons. The highest BCUT2D eigenvalue weighted by molar-refractivity contribution is 6.04. The van der Waals surface area contributed by atoms with Crippen LogP contribution in [0.2, 0.25) is 0 Å². The third-order valence-corrected chi connectivity index (χ3v) is 5.07. The minimum absolute atomic E-state index is 0.185. The number of hydrogen-bond donors (Lipinski definition) is 3. The van der Waals surface area contributed by atoms with Gasteiger partial charge in [-0.05, 0) is 66.6 Å². The molecule has 0 atom stereocenters. The lowest BCUT2D eigenvalue weighted by atomic mass is 10.1. The molecule has 0 aliphatic heterocycles. The van der Waals surface area contributed by atoms with E-state index in [4.69, 9.17) is 4.42 Å². The smallest absolute Gasteiger partial charge is 0.291 e. The number of carbonyl (C=O) groups excluding carboxylic acids is 3. The summed E-state index contributed by atoms with van der Waals surface area (Å²) in [6.07, 6.45) is 4.53. The number of pyridine rings is 1. The summed E-state index contributed by atoms with van der Waals surface area (Å²) < 4.78 is 5.11. The molecule has 0 aliphatic rings. The fourth-order valence-corrected chi connectivity index (χ4v) is 3.24. The zero-order valence-corrected chi connectivity index (χ0v) is 18.4. The largest absolute Gasteiger partial charge is 0.459 e. The molecular formula is C26H22N4O4. The van der Waals surface area contributed by atoms with Gasteiger partial charge in [0.05, 0.1) is 6.26 Å². The fraction of sp³-hybridized carbons (Fsp3) is 0.0769. The molecule has 3 amide bonds. The van der Waals surface area contributed by atoms with Gasteiger partial charge in [0, 0.05) is 41.4 Å². The topological polar surface area (TPSA) is 113 Å². The quantitative estimate of drug-likeness (QED) is 0.383. The predicted molar refractivity (Wildman–Crippen MR) is 128 cm³/mol. The highest BCUT2D eigenvalue weighted by Crippen LogP contribution is 2.19. The second-order valence-corrected chi connectivity index (χ2v) is 7.53. The third kappa shape index (κ3) is 5.55. The van der Waals surface area contributed by atoms with Crippen LogP contribution < -0.4 is 16.0 Å². The predicted octanol–water partition coefficient (Wildman–Crippen LogP) is 4.42. The standard InChI is InChI=1S/C26H22N4O4/c1-17-7-8-20(15-22(17)30-26(33)23-6-3-13-34-23)24(31)28-16-18-4-2-5-21(14-18)29-25(32)19-9-11-27-12-10-19/h2-15H,16H2,1H3,(H,28,31)(H,29,32)(H,30,33). The Balaban J connectivity index is 1.38. The normalized spacial score (nSPS) is 10.4. The number of rotatable bonds is 7. The van der Waals surface area contributed by atoms with E-state index in [2.05, 4.69) is 20.9 Å². The first-order chi connectivity index (χ1) is 16.5. The van der Waals surface area contributed by atoms with Gasteiger partial charge in [0.2, 0.25) is 0 Å². The van der Waals surface area contributed by atoms with Gasteiger partial charge in [0.1, 0.15) is 0 Å². The zero-order chi connectivity index (χ0) is 23.9. The first-order valence-corrected chi connectivity index (χ1v) is 10.5. The zero-order valence-electron chi connectivity index (χ0n) is 18.4. The molecule has 2 aromatic heterocycles. The van der Waals surface area contributed by atoms with Crippen LogP contribution in [-0.2, 0) is 6.54 Å². The number of aryl methyl sites for hydroxylation is 1. The Hall–Kier alpha value is -4.72. The van der Waals surface area contributed by atoms with E-state index >= 15 is 0 Å². The number of carbonyl (C=O) groups is 3. The van der Waals surface area contributed by atoms with Crippen LogP contribution in [0.5, 0.6) is 0 Å². The van der Waals surface area contributed by atoms with Crippen molar-refractivity contribution in [1.82, 2.24) is 10.3 Å². The number of furan rings is 1. The Morgan fingerprint density at radius 1 is 0.824 bits per heavy atom. The second kappa shape index (κ2) is 10.3. The molecule has 0 spiro atoms. The lowest BCUT2D eigenvalue weighted by molar-refractivity contribution is 0.0948. The molecule has 8 nitrogen and oxygen atoms in total. The van der Waals surface area contributed by atoms with Crippen LogP contribution in [0, 0.1) is 6.92 Å². The van der Waals surface area contributed by atoms with Crippen LogP contribution in [0.3, 0.4) is 0 Å². The molecule has 3 N–H and O–H groups in total. The molecule has 0 aliphatic carbocycles. The molecule has 2 aromatic carbocycles. The summed E-state index contributed by atoms with van der Waals surface area (Å²) in [7, 11) is 0. The summed E-state index contributed by atoms with van der Waals surface area (Å²) in [5.41, 5.74) is 3.68. The molecule has 4 aromatic rings. The van der Waals surface area contributed by atoms with Crippen LogP contribution in [0.4, 0.5) is 11.4 Å². The minimum atomic E-state index is -0.392. The molecule has 8 heteroatoms. The average Bonchev–Trinajstić information content (AvgIpc) is 3.40. The number of hydrogen-bond acceptors (Lipinski definition) is 5. The number of aromatic nitrogens is 1. The number of nitrogens with zero attached hydrogens (tertiary/aromatic N) is 1. The molecule has 4 rings (SSSR count). The van der Waals surface area contributed by atoms with Gasteiger partial charge < -0.3 is 20.4 Å². The number of nitrogens with one attached hydrogen (secondary N) is 3. The molecule has 0 saturated carbocycles. The molecule has 0 bridgehead atoms. The number of anilines is 2. The Morgan fingerprint density at radius 2 is 1.65 bits per heavy atom. The molecule has 2 heterocycles. The third-order valence-electron chi connectivity index (χ3n) is 5.07. The van der Waals surface area contributed by atoms with Crippen molar-refractivity contribution < 1.29 is 18.8 Å². The minimum Gasteiger partial charge on any atom is -0.459 e. The van der Waals surface area contributed by atoms with Crippen LogP contribution in [0.1, 0.15) is 42.4 Å². The van der Waals surface area contributed by atoms with Crippen molar-refractivity contribution in [2.75, 3.05) is 10.6 Å². The van der Waals surface area contributed by atoms with Gasteiger partial charge in [0.15, 0.2) is 5.76 Å². The highest BCUT2D eigenvalue weighted by Gasteiger charge is 2.13. The van der Waals surface area contributed by atoms with E-state index in [9.17, 15) is 14.4 Å². The summed E-state index contributed by atoms with van der Waals surface area (Å²) in [4.78, 5) is 41.3. The summed E-state index contributed by atoms with van der Waals surface area (Å²) in [6, 6.07) is 18.8. The van der Waals surface area contributed by atoms with E-state index in [0.717, 1.165) is 11.1 Å². The fourth-order valence-electron chi connectivity index (χ4n) is 3.24. The Kier molecular flexibility index (Phi) is 6.78. The van der Waals surface area contributed by atoms with Gasteiger partial charge in [-0.15, -0.1) is 0 Å². The number of benzene rings is 2. The van der Waals surface area contributed by atoms with Gasteiger partial charge in [-0.1, -0.05) is 18.2 Å². The van der Waals surface area contributed by atoms with Crippen LogP contribution in [0.15, 0.2) is 89.8 Å². The van der Waals surface area contributed by atoms with E-state index in [1.54, 1.807) is 73.1 Å². The summed E-state index contributed by atoms with van der Waals surface area (Å²) in [5.74, 6) is -0.742. The van der Waals surface area contributed by atoms with Crippen molar-refractivity contribution >= 4 is 29.1 Å². The lowest BCUT2D eigenvalue weighted by Gasteiger charge is -2.11.